The van der Waals surface area contributed by atoms with E-state index in [1.54, 1.807) is 12.1 Å². The number of carboxylic acids is 1. The first-order valence-corrected chi connectivity index (χ1v) is 18.4. The number of carbonyl (C=O) groups is 2. The molecule has 44 heavy (non-hydrogen) atoms. The molecule has 6 nitrogen and oxygen atoms in total. The summed E-state index contributed by atoms with van der Waals surface area (Å²) in [4.78, 5) is 23.5. The lowest BCUT2D eigenvalue weighted by Gasteiger charge is -2.31. The van der Waals surface area contributed by atoms with Crippen molar-refractivity contribution in [3.8, 4) is 0 Å². The number of unbranched alkanes of at least 4 members (excludes halogenated alkanes) is 1. The fraction of sp³-hybridized carbons (Fsp3) is 0.138. The highest BCUT2D eigenvalue weighted by atomic mass is 79.9. The number of aliphatic carboxylic acids is 1. The van der Waals surface area contributed by atoms with Crippen molar-refractivity contribution >= 4 is 137 Å². The first-order valence-electron chi connectivity index (χ1n) is 13.6. The number of hydrogen-bond donors (Lipinski definition) is 2. The second kappa shape index (κ2) is 10.4. The number of allylic oxidation sites excluding steroid dienone is 1. The van der Waals surface area contributed by atoms with Gasteiger partial charge in [0.25, 0.3) is 5.91 Å². The first kappa shape index (κ1) is 28.8. The van der Waals surface area contributed by atoms with Gasteiger partial charge >= 0.3 is 12.9 Å². The van der Waals surface area contributed by atoms with Crippen molar-refractivity contribution in [2.45, 2.75) is 19.3 Å². The zero-order chi connectivity index (χ0) is 30.5. The summed E-state index contributed by atoms with van der Waals surface area (Å²) in [6.45, 7) is -3.88. The van der Waals surface area contributed by atoms with Crippen molar-refractivity contribution in [3.63, 3.8) is 0 Å². The van der Waals surface area contributed by atoms with Gasteiger partial charge in [0.05, 0.1) is 27.2 Å². The number of halogens is 4. The van der Waals surface area contributed by atoms with Gasteiger partial charge in [-0.3, -0.25) is 9.59 Å². The largest absolute Gasteiger partial charge is 0.738 e. The highest BCUT2D eigenvalue weighted by Crippen LogP contribution is 2.48. The van der Waals surface area contributed by atoms with Crippen LogP contribution in [0, 0.1) is 0 Å². The van der Waals surface area contributed by atoms with Gasteiger partial charge < -0.3 is 28.0 Å². The molecule has 8 rings (SSSR count). The Kier molecular flexibility index (Phi) is 6.82. The number of amides is 1. The Bertz CT molecular complexity index is 2380. The van der Waals surface area contributed by atoms with Crippen LogP contribution in [0.1, 0.15) is 40.9 Å². The Labute approximate surface area is 280 Å². The van der Waals surface area contributed by atoms with Crippen LogP contribution in [0.5, 0.6) is 0 Å². The third-order valence-corrected chi connectivity index (χ3v) is 13.6. The molecule has 0 aliphatic carbocycles. The van der Waals surface area contributed by atoms with Gasteiger partial charge in [-0.1, -0.05) is 12.1 Å². The first-order chi connectivity index (χ1) is 21.1. The Balaban J connectivity index is 1.29. The smallest absolute Gasteiger partial charge is 0.481 e. The Morgan fingerprint density at radius 1 is 0.932 bits per heavy atom. The molecule has 0 spiro atoms. The second-order valence-electron chi connectivity index (χ2n) is 10.6. The van der Waals surface area contributed by atoms with Crippen LogP contribution in [-0.2, 0) is 4.79 Å². The quantitative estimate of drug-likeness (QED) is 0.129. The fourth-order valence-electron chi connectivity index (χ4n) is 6.08. The molecule has 0 radical (unpaired) electrons. The molecular formula is C29H18BBr2F2N3O3S4. The molecular weight excluding hydrogens is 775 g/mol. The number of aromatic nitrogens is 1. The number of fused-ring (bicyclic) bond motifs is 9. The van der Waals surface area contributed by atoms with Gasteiger partial charge in [-0.2, -0.15) is 0 Å². The Morgan fingerprint density at radius 3 is 2.36 bits per heavy atom. The zero-order valence-electron chi connectivity index (χ0n) is 22.3. The number of carbonyl (C=O) groups excluding carboxylic acids is 1. The minimum absolute atomic E-state index is 0.0625. The molecule has 2 aliphatic heterocycles. The number of carboxylic acid groups (broad SMARTS) is 1. The van der Waals surface area contributed by atoms with Crippen LogP contribution >= 0.6 is 77.2 Å². The normalized spacial score (nSPS) is 15.2. The molecule has 0 bridgehead atoms. The average molecular weight is 793 g/mol. The van der Waals surface area contributed by atoms with E-state index in [2.05, 4.69) is 37.2 Å². The summed E-state index contributed by atoms with van der Waals surface area (Å²) in [5.74, 6) is -1.12. The predicted octanol–water partition coefficient (Wildman–Crippen LogP) is 7.68. The van der Waals surface area contributed by atoms with Crippen molar-refractivity contribution in [2.24, 2.45) is 0 Å². The molecule has 6 aromatic rings. The minimum Gasteiger partial charge on any atom is -0.481 e. The summed E-state index contributed by atoms with van der Waals surface area (Å²) >= 11 is 13.0. The van der Waals surface area contributed by atoms with Gasteiger partial charge in [0.15, 0.2) is 11.1 Å². The molecule has 0 unspecified atom stereocenters. The molecule has 2 N–H and O–H groups in total. The van der Waals surface area contributed by atoms with Gasteiger partial charge in [0.2, 0.25) is 0 Å². The SMILES string of the molecule is O=C(O)CCCCNC(=O)c1ccc(C2=C3C=c4sc5cc(Br)sc5c4=[N+]3[B-](F)(F)n3c2cc2sc4cc(Br)sc4c23)cc1. The summed E-state index contributed by atoms with van der Waals surface area (Å²) in [6.07, 6.45) is 2.99. The lowest BCUT2D eigenvalue weighted by atomic mass is 9.86. The van der Waals surface area contributed by atoms with E-state index >= 15 is 8.63 Å². The number of nitrogens with zero attached hydrogens (tertiary/aromatic N) is 2. The van der Waals surface area contributed by atoms with Gasteiger partial charge in [-0.15, -0.1) is 45.3 Å². The topological polar surface area (TPSA) is 74.3 Å². The summed E-state index contributed by atoms with van der Waals surface area (Å²) in [5.41, 5.74) is 3.33. The van der Waals surface area contributed by atoms with Crippen LogP contribution in [0.25, 0.3) is 40.7 Å². The molecule has 15 heteroatoms. The van der Waals surface area contributed by atoms with Gasteiger partial charge in [-0.05, 0) is 80.6 Å². The molecule has 0 atom stereocenters. The third-order valence-electron chi connectivity index (χ3n) is 7.88. The number of nitrogens with one attached hydrogen (secondary N) is 1. The standard InChI is InChI=1S/C29H18BBr2F2N3O3S4/c31-21-11-19-27(43-21)25-17(41-19)9-15-24(13-4-6-14(7-5-13)29(40)35-8-2-1-3-23(38)39)16-10-18-26(37(16)30(33,34)36(15)25)28-20(42-18)12-22(32)44-28/h4-7,9-12H,1-3,8H2,(H,35,40)(H,38,39). The summed E-state index contributed by atoms with van der Waals surface area (Å²) < 4.78 is 43.7. The summed E-state index contributed by atoms with van der Waals surface area (Å²) in [6, 6.07) is 12.9. The van der Waals surface area contributed by atoms with Crippen molar-refractivity contribution in [1.82, 2.24) is 14.3 Å². The lowest BCUT2D eigenvalue weighted by Crippen LogP contribution is -2.56. The van der Waals surface area contributed by atoms with Crippen molar-refractivity contribution in [2.75, 3.05) is 6.54 Å². The molecule has 1 aromatic carbocycles. The van der Waals surface area contributed by atoms with E-state index in [1.165, 1.54) is 54.3 Å². The summed E-state index contributed by atoms with van der Waals surface area (Å²) in [5, 5.41) is 12.2. The van der Waals surface area contributed by atoms with E-state index < -0.39 is 12.9 Å². The maximum Gasteiger partial charge on any atom is 0.738 e. The van der Waals surface area contributed by atoms with E-state index in [4.69, 9.17) is 5.11 Å². The van der Waals surface area contributed by atoms with E-state index in [0.717, 1.165) is 41.2 Å². The lowest BCUT2D eigenvalue weighted by molar-refractivity contribution is -0.137. The molecule has 0 fully saturated rings. The van der Waals surface area contributed by atoms with E-state index in [0.29, 0.717) is 52.8 Å². The average Bonchev–Trinajstić information content (AvgIpc) is 3.78. The van der Waals surface area contributed by atoms with Gasteiger partial charge in [0, 0.05) is 40.5 Å². The van der Waals surface area contributed by atoms with Crippen LogP contribution in [-0.4, -0.2) is 35.0 Å². The Morgan fingerprint density at radius 2 is 1.64 bits per heavy atom. The maximum atomic E-state index is 17.1. The molecule has 2 aliphatic rings. The highest BCUT2D eigenvalue weighted by Gasteiger charge is 2.54. The fourth-order valence-corrected chi connectivity index (χ4v) is 12.4. The number of rotatable bonds is 7. The van der Waals surface area contributed by atoms with Crippen LogP contribution < -0.4 is 19.7 Å². The Hall–Kier alpha value is -2.69. The minimum atomic E-state index is -4.26. The monoisotopic (exact) mass is 791 g/mol. The van der Waals surface area contributed by atoms with Crippen LogP contribution in [0.2, 0.25) is 0 Å². The molecule has 0 saturated carbocycles. The zero-order valence-corrected chi connectivity index (χ0v) is 28.8. The van der Waals surface area contributed by atoms with Crippen molar-refractivity contribution in [1.29, 1.82) is 0 Å². The van der Waals surface area contributed by atoms with Crippen molar-refractivity contribution in [3.05, 3.63) is 82.4 Å². The van der Waals surface area contributed by atoms with Crippen LogP contribution in [0.3, 0.4) is 0 Å². The summed E-state index contributed by atoms with van der Waals surface area (Å²) in [7, 11) is 0. The van der Waals surface area contributed by atoms with Gasteiger partial charge in [0.1, 0.15) is 9.23 Å². The highest BCUT2D eigenvalue weighted by molar-refractivity contribution is 9.11. The molecule has 5 aromatic heterocycles. The van der Waals surface area contributed by atoms with E-state index in [9.17, 15) is 9.59 Å². The number of benzene rings is 1. The molecule has 222 valence electrons. The van der Waals surface area contributed by atoms with E-state index in [-0.39, 0.29) is 12.3 Å². The maximum absolute atomic E-state index is 17.1. The molecule has 7 heterocycles. The second-order valence-corrected chi connectivity index (χ2v) is 17.6. The van der Waals surface area contributed by atoms with E-state index in [1.807, 2.05) is 36.4 Å². The molecule has 1 amide bonds. The molecule has 0 saturated heterocycles. The number of hydrogen-bond acceptors (Lipinski definition) is 6. The predicted molar refractivity (Wildman–Crippen MR) is 185 cm³/mol. The third kappa shape index (κ3) is 4.34. The van der Waals surface area contributed by atoms with Crippen LogP contribution in [0.15, 0.2) is 55.7 Å². The van der Waals surface area contributed by atoms with Crippen LogP contribution in [0.4, 0.5) is 8.63 Å². The van der Waals surface area contributed by atoms with Crippen molar-refractivity contribution < 1.29 is 23.3 Å². The van der Waals surface area contributed by atoms with Gasteiger partial charge in [-0.25, -0.2) is 0 Å². The number of thiophene rings is 4.